The summed E-state index contributed by atoms with van der Waals surface area (Å²) in [6, 6.07) is 17.0. The van der Waals surface area contributed by atoms with E-state index in [1.165, 1.54) is 51.6 Å². The Morgan fingerprint density at radius 2 is 1.53 bits per heavy atom. The molecule has 7 rings (SSSR count). The monoisotopic (exact) mass is 831 g/mol. The summed E-state index contributed by atoms with van der Waals surface area (Å²) >= 11 is 12.3. The fourth-order valence-corrected chi connectivity index (χ4v) is 9.41. The van der Waals surface area contributed by atoms with Gasteiger partial charge < -0.3 is 28.9 Å². The Bertz CT molecular complexity index is 1920. The van der Waals surface area contributed by atoms with Gasteiger partial charge in [0.25, 0.3) is 0 Å². The number of piperidine rings is 3. The Hall–Kier alpha value is -3.82. The van der Waals surface area contributed by atoms with E-state index in [4.69, 9.17) is 42.4 Å². The molecule has 0 bridgehead atoms. The summed E-state index contributed by atoms with van der Waals surface area (Å²) in [6.07, 6.45) is 8.98. The van der Waals surface area contributed by atoms with E-state index in [1.54, 1.807) is 0 Å². The molecule has 0 aliphatic carbocycles. The molecule has 3 aromatic rings. The van der Waals surface area contributed by atoms with Crippen LogP contribution in [0.5, 0.6) is 11.5 Å². The number of hydrogen-bond donors (Lipinski definition) is 0. The first kappa shape index (κ1) is 42.3. The average Bonchev–Trinajstić information content (AvgIpc) is 3.19. The number of anilines is 1. The Morgan fingerprint density at radius 3 is 2.17 bits per heavy atom. The van der Waals surface area contributed by atoms with E-state index in [0.717, 1.165) is 67.8 Å². The Labute approximate surface area is 354 Å². The highest BCUT2D eigenvalue weighted by atomic mass is 35.5. The molecule has 13 heteroatoms. The second kappa shape index (κ2) is 17.8. The number of nitrogens with zero attached hydrogens (tertiary/aromatic N) is 7. The minimum atomic E-state index is -0.446. The van der Waals surface area contributed by atoms with Crippen LogP contribution < -0.4 is 14.4 Å². The van der Waals surface area contributed by atoms with Crippen molar-refractivity contribution in [3.05, 3.63) is 76.1 Å². The first-order valence-corrected chi connectivity index (χ1v) is 21.9. The molecule has 2 aromatic carbocycles. The van der Waals surface area contributed by atoms with Crippen LogP contribution in [0.25, 0.3) is 0 Å². The molecular formula is C45H59Cl2N7O4. The van der Waals surface area contributed by atoms with Crippen LogP contribution >= 0.6 is 23.2 Å². The lowest BCUT2D eigenvalue weighted by Crippen LogP contribution is -2.63. The standard InChI is InChI=1S/C45H59Cl2N7O4/c1-43(2,3)58-42(55)54-29-37(30-54)51-19-11-36(12-20-51)52-21-13-45(14-22-52)15-23-53(24-16-45)41-49-18-10-35(50-41)31-57-38-8-6-33(7-9-38)44(4,5)34-26-32(28-48)40(39(47)27-34)56-25-17-46/h6-10,18,26-27,36-37H,11-17,19-25,29-31H2,1-5H3. The minimum Gasteiger partial charge on any atom is -0.489 e. The van der Waals surface area contributed by atoms with Gasteiger partial charge in [-0.05, 0) is 119 Å². The third-order valence-corrected chi connectivity index (χ3v) is 13.3. The summed E-state index contributed by atoms with van der Waals surface area (Å²) < 4.78 is 17.4. The van der Waals surface area contributed by atoms with Crippen molar-refractivity contribution in [1.29, 1.82) is 5.26 Å². The summed E-state index contributed by atoms with van der Waals surface area (Å²) in [5.41, 5.74) is 2.76. The molecular weight excluding hydrogens is 773 g/mol. The van der Waals surface area contributed by atoms with E-state index < -0.39 is 11.0 Å². The van der Waals surface area contributed by atoms with Gasteiger partial charge >= 0.3 is 6.09 Å². The van der Waals surface area contributed by atoms with E-state index in [1.807, 2.05) is 62.2 Å². The SMILES string of the molecule is CC(C)(C)OC(=O)N1CC(N2CCC(N3CCC4(CCN(c5nccc(COc6ccc(C(C)(C)c7cc(Cl)c(OCCCl)c(C#N)c7)cc6)n5)CC4)CC3)CC2)C1. The first-order chi connectivity index (χ1) is 27.8. The summed E-state index contributed by atoms with van der Waals surface area (Å²) in [4.78, 5) is 31.5. The molecule has 0 N–H and O–H groups in total. The van der Waals surface area contributed by atoms with Crippen LogP contribution in [0, 0.1) is 16.7 Å². The molecule has 0 radical (unpaired) electrons. The van der Waals surface area contributed by atoms with Gasteiger partial charge in [0, 0.05) is 63.0 Å². The van der Waals surface area contributed by atoms with Crippen molar-refractivity contribution < 1.29 is 19.0 Å². The van der Waals surface area contributed by atoms with Crippen LogP contribution in [0.1, 0.15) is 95.5 Å². The normalized spacial score (nSPS) is 19.8. The lowest BCUT2D eigenvalue weighted by atomic mass is 9.71. The van der Waals surface area contributed by atoms with Crippen molar-refractivity contribution >= 4 is 35.2 Å². The van der Waals surface area contributed by atoms with Crippen molar-refractivity contribution in [1.82, 2.24) is 24.7 Å². The topological polar surface area (TPSA) is 107 Å². The maximum absolute atomic E-state index is 12.4. The van der Waals surface area contributed by atoms with Crippen LogP contribution in [-0.4, -0.2) is 113 Å². The number of carbonyl (C=O) groups is 1. The van der Waals surface area contributed by atoms with Crippen molar-refractivity contribution in [2.24, 2.45) is 5.41 Å². The largest absolute Gasteiger partial charge is 0.489 e. The molecule has 4 aliphatic heterocycles. The van der Waals surface area contributed by atoms with Crippen molar-refractivity contribution in [3.63, 3.8) is 0 Å². The number of hydrogen-bond acceptors (Lipinski definition) is 10. The Morgan fingerprint density at radius 1 is 0.879 bits per heavy atom. The maximum Gasteiger partial charge on any atom is 0.410 e. The molecule has 0 saturated carbocycles. The summed E-state index contributed by atoms with van der Waals surface area (Å²) in [5.74, 6) is 2.21. The third kappa shape index (κ3) is 9.79. The fourth-order valence-electron chi connectivity index (χ4n) is 9.06. The summed E-state index contributed by atoms with van der Waals surface area (Å²) in [5, 5.41) is 10.2. The fraction of sp³-hybridized carbons (Fsp3) is 0.600. The van der Waals surface area contributed by atoms with Gasteiger partial charge in [0.05, 0.1) is 22.2 Å². The van der Waals surface area contributed by atoms with Crippen molar-refractivity contribution in [2.45, 2.75) is 103 Å². The molecule has 0 unspecified atom stereocenters. The molecule has 5 heterocycles. The molecule has 312 valence electrons. The second-order valence-corrected chi connectivity index (χ2v) is 18.9. The van der Waals surface area contributed by atoms with Gasteiger partial charge in [0.15, 0.2) is 5.75 Å². The molecule has 4 fully saturated rings. The molecule has 4 aliphatic rings. The summed E-state index contributed by atoms with van der Waals surface area (Å²) in [6.45, 7) is 18.8. The third-order valence-electron chi connectivity index (χ3n) is 12.9. The molecule has 1 spiro atoms. The van der Waals surface area contributed by atoms with Crippen LogP contribution in [0.3, 0.4) is 0 Å². The summed E-state index contributed by atoms with van der Waals surface area (Å²) in [7, 11) is 0. The van der Waals surface area contributed by atoms with E-state index in [2.05, 4.69) is 51.7 Å². The maximum atomic E-state index is 12.4. The lowest BCUT2D eigenvalue weighted by molar-refractivity contribution is -0.0288. The molecule has 4 saturated heterocycles. The van der Waals surface area contributed by atoms with E-state index in [9.17, 15) is 10.1 Å². The van der Waals surface area contributed by atoms with E-state index in [0.29, 0.717) is 46.3 Å². The van der Waals surface area contributed by atoms with Crippen LogP contribution in [0.4, 0.5) is 10.7 Å². The van der Waals surface area contributed by atoms with Crippen LogP contribution in [0.2, 0.25) is 5.02 Å². The molecule has 1 aromatic heterocycles. The number of halogens is 2. The number of aromatic nitrogens is 2. The van der Waals surface area contributed by atoms with Gasteiger partial charge in [-0.1, -0.05) is 37.6 Å². The predicted molar refractivity (Wildman–Crippen MR) is 228 cm³/mol. The zero-order valence-electron chi connectivity index (χ0n) is 34.8. The van der Waals surface area contributed by atoms with Gasteiger partial charge in [-0.2, -0.15) is 5.26 Å². The second-order valence-electron chi connectivity index (χ2n) is 18.1. The number of amides is 1. The highest BCUT2D eigenvalue weighted by molar-refractivity contribution is 6.32. The van der Waals surface area contributed by atoms with Crippen LogP contribution in [0.15, 0.2) is 48.7 Å². The van der Waals surface area contributed by atoms with Crippen molar-refractivity contribution in [2.75, 3.05) is 69.7 Å². The number of ether oxygens (including phenoxy) is 3. The molecule has 1 amide bonds. The number of likely N-dealkylation sites (tertiary alicyclic amines) is 3. The highest BCUT2D eigenvalue weighted by Gasteiger charge is 2.42. The quantitative estimate of drug-likeness (QED) is 0.175. The van der Waals surface area contributed by atoms with Gasteiger partial charge in [0.2, 0.25) is 5.95 Å². The number of carbonyl (C=O) groups excluding carboxylic acids is 1. The van der Waals surface area contributed by atoms with Gasteiger partial charge in [-0.3, -0.25) is 4.90 Å². The lowest BCUT2D eigenvalue weighted by Gasteiger charge is -2.51. The number of nitriles is 1. The Balaban J connectivity index is 0.847. The average molecular weight is 833 g/mol. The highest BCUT2D eigenvalue weighted by Crippen LogP contribution is 2.43. The number of rotatable bonds is 11. The van der Waals surface area contributed by atoms with Gasteiger partial charge in [0.1, 0.15) is 30.6 Å². The van der Waals surface area contributed by atoms with E-state index in [-0.39, 0.29) is 12.7 Å². The van der Waals surface area contributed by atoms with Gasteiger partial charge in [-0.15, -0.1) is 11.6 Å². The first-order valence-electron chi connectivity index (χ1n) is 20.9. The minimum absolute atomic E-state index is 0.184. The zero-order valence-corrected chi connectivity index (χ0v) is 36.3. The molecule has 0 atom stereocenters. The van der Waals surface area contributed by atoms with Crippen molar-refractivity contribution in [3.8, 4) is 17.6 Å². The van der Waals surface area contributed by atoms with Crippen LogP contribution in [-0.2, 0) is 16.8 Å². The number of alkyl halides is 1. The smallest absolute Gasteiger partial charge is 0.410 e. The molecule has 58 heavy (non-hydrogen) atoms. The number of benzene rings is 2. The zero-order chi connectivity index (χ0) is 41.1. The molecule has 11 nitrogen and oxygen atoms in total. The predicted octanol–water partition coefficient (Wildman–Crippen LogP) is 8.29. The Kier molecular flexibility index (Phi) is 13.0. The van der Waals surface area contributed by atoms with Gasteiger partial charge in [-0.25, -0.2) is 14.8 Å². The van der Waals surface area contributed by atoms with E-state index >= 15 is 0 Å².